The molecule has 198 valence electrons. The van der Waals surface area contributed by atoms with Crippen molar-refractivity contribution in [1.82, 2.24) is 15.2 Å². The number of pyridine rings is 1. The van der Waals surface area contributed by atoms with Crippen LogP contribution < -0.4 is 15.6 Å². The number of allylic oxidation sites excluding steroid dienone is 1. The van der Waals surface area contributed by atoms with Gasteiger partial charge in [-0.25, -0.2) is 19.1 Å². The zero-order valence-corrected chi connectivity index (χ0v) is 21.8. The molecule has 4 rings (SSSR count). The molecule has 15 heteroatoms. The highest BCUT2D eigenvalue weighted by Gasteiger charge is 2.54. The number of nitrogen functional groups attached to an aromatic ring is 1. The summed E-state index contributed by atoms with van der Waals surface area (Å²) in [6.07, 6.45) is 6.40. The second-order valence-corrected chi connectivity index (χ2v) is 9.96. The standard InChI is InChI=1S/C23H22N6O7S2/c1-28-7-3-5-12(9-28)22(34)36-8-4-6-15-18(21(32)33)29-14(11-37-15)17(20(29)31)26-19(30)16(27-35-2)13-10-38-23(24)25-13/h3-7,9-10,14,17H,8,11H2,1-2H3,(H3-,24,25,26,30,32,33)/p+1/b6-4+,27-16?/t14-,17+/m1/s1. The number of carbonyl (C=O) groups is 4. The average Bonchev–Trinajstić information content (AvgIpc) is 3.32. The van der Waals surface area contributed by atoms with Gasteiger partial charge in [-0.05, 0) is 18.2 Å². The molecule has 2 atom stereocenters. The fourth-order valence-electron chi connectivity index (χ4n) is 3.82. The van der Waals surface area contributed by atoms with Crippen molar-refractivity contribution in [3.05, 3.63) is 63.9 Å². The van der Waals surface area contributed by atoms with Crippen LogP contribution >= 0.6 is 23.1 Å². The molecule has 1 fully saturated rings. The Bertz CT molecular complexity index is 1390. The summed E-state index contributed by atoms with van der Waals surface area (Å²) in [5.74, 6) is -2.78. The summed E-state index contributed by atoms with van der Waals surface area (Å²) in [6, 6.07) is 1.79. The number of nitrogens with zero attached hydrogens (tertiary/aromatic N) is 4. The van der Waals surface area contributed by atoms with Gasteiger partial charge in [-0.1, -0.05) is 5.16 Å². The van der Waals surface area contributed by atoms with Crippen LogP contribution in [0.1, 0.15) is 16.1 Å². The van der Waals surface area contributed by atoms with Gasteiger partial charge in [-0.3, -0.25) is 14.5 Å². The molecule has 0 spiro atoms. The van der Waals surface area contributed by atoms with Crippen LogP contribution in [0.4, 0.5) is 5.13 Å². The third-order valence-corrected chi connectivity index (χ3v) is 7.33. The minimum absolute atomic E-state index is 0.0901. The van der Waals surface area contributed by atoms with Crippen molar-refractivity contribution in [2.24, 2.45) is 12.2 Å². The lowest BCUT2D eigenvalue weighted by Crippen LogP contribution is -2.73. The first kappa shape index (κ1) is 26.8. The van der Waals surface area contributed by atoms with Crippen molar-refractivity contribution >= 4 is 57.7 Å². The number of thiazole rings is 1. The van der Waals surface area contributed by atoms with Crippen LogP contribution in [0, 0.1) is 0 Å². The summed E-state index contributed by atoms with van der Waals surface area (Å²) in [6.45, 7) is -0.0901. The first-order valence-corrected chi connectivity index (χ1v) is 12.9. The van der Waals surface area contributed by atoms with E-state index in [1.165, 1.54) is 36.4 Å². The molecule has 2 aromatic heterocycles. The highest BCUT2D eigenvalue weighted by atomic mass is 32.2. The predicted molar refractivity (Wildman–Crippen MR) is 137 cm³/mol. The van der Waals surface area contributed by atoms with Crippen molar-refractivity contribution in [3.63, 3.8) is 0 Å². The smallest absolute Gasteiger partial charge is 0.353 e. The number of hydrogen-bond donors (Lipinski definition) is 3. The van der Waals surface area contributed by atoms with Gasteiger partial charge in [0.2, 0.25) is 0 Å². The number of hydrogen-bond acceptors (Lipinski definition) is 11. The first-order valence-electron chi connectivity index (χ1n) is 11.1. The number of carbonyl (C=O) groups excluding carboxylic acids is 3. The molecule has 0 aromatic carbocycles. The highest BCUT2D eigenvalue weighted by molar-refractivity contribution is 8.03. The van der Waals surface area contributed by atoms with Crippen LogP contribution in [0.2, 0.25) is 0 Å². The largest absolute Gasteiger partial charge is 0.477 e. The fraction of sp³-hybridized carbons (Fsp3) is 0.261. The number of carboxylic acid groups (broad SMARTS) is 1. The molecule has 38 heavy (non-hydrogen) atoms. The van der Waals surface area contributed by atoms with E-state index in [4.69, 9.17) is 15.3 Å². The number of thioether (sulfide) groups is 1. The van der Waals surface area contributed by atoms with E-state index in [1.807, 2.05) is 0 Å². The fourth-order valence-corrected chi connectivity index (χ4v) is 5.57. The molecule has 4 heterocycles. The third-order valence-electron chi connectivity index (χ3n) is 5.51. The van der Waals surface area contributed by atoms with Crippen molar-refractivity contribution in [1.29, 1.82) is 0 Å². The van der Waals surface area contributed by atoms with Crippen LogP contribution in [-0.4, -0.2) is 76.0 Å². The molecule has 0 aliphatic carbocycles. The minimum Gasteiger partial charge on any atom is -0.477 e. The van der Waals surface area contributed by atoms with E-state index in [0.717, 1.165) is 16.2 Å². The number of aryl methyl sites for hydroxylation is 1. The summed E-state index contributed by atoms with van der Waals surface area (Å²) in [5.41, 5.74) is 5.82. The van der Waals surface area contributed by atoms with Crippen LogP contribution in [0.15, 0.2) is 57.8 Å². The Hall–Kier alpha value is -4.24. The van der Waals surface area contributed by atoms with Gasteiger partial charge < -0.3 is 25.7 Å². The highest BCUT2D eigenvalue weighted by Crippen LogP contribution is 2.39. The molecule has 0 bridgehead atoms. The summed E-state index contributed by atoms with van der Waals surface area (Å²) in [4.78, 5) is 60.2. The molecule has 4 N–H and O–H groups in total. The molecule has 0 unspecified atom stereocenters. The second kappa shape index (κ2) is 11.4. The van der Waals surface area contributed by atoms with Gasteiger partial charge in [0.25, 0.3) is 11.8 Å². The molecule has 0 saturated carbocycles. The van der Waals surface area contributed by atoms with Crippen molar-refractivity contribution in [2.75, 3.05) is 25.2 Å². The molecule has 2 aliphatic heterocycles. The van der Waals surface area contributed by atoms with E-state index in [-0.39, 0.29) is 28.8 Å². The van der Waals surface area contributed by atoms with Gasteiger partial charge in [0, 0.05) is 22.1 Å². The molecule has 1 saturated heterocycles. The Morgan fingerprint density at radius 1 is 1.42 bits per heavy atom. The summed E-state index contributed by atoms with van der Waals surface area (Å²) < 4.78 is 6.93. The van der Waals surface area contributed by atoms with Crippen LogP contribution in [-0.2, 0) is 31.0 Å². The number of fused-ring (bicyclic) bond motifs is 1. The monoisotopic (exact) mass is 559 g/mol. The normalized spacial score (nSPS) is 19.2. The number of esters is 1. The van der Waals surface area contributed by atoms with Crippen LogP contribution in [0.25, 0.3) is 0 Å². The topological polar surface area (TPSA) is 177 Å². The Morgan fingerprint density at radius 3 is 2.87 bits per heavy atom. The molecule has 2 amide bonds. The van der Waals surface area contributed by atoms with E-state index in [9.17, 15) is 24.3 Å². The molecular formula is C23H23N6O7S2+. The average molecular weight is 560 g/mol. The maximum absolute atomic E-state index is 12.9. The predicted octanol–water partition coefficient (Wildman–Crippen LogP) is 0.0521. The van der Waals surface area contributed by atoms with E-state index >= 15 is 0 Å². The minimum atomic E-state index is -1.30. The van der Waals surface area contributed by atoms with Gasteiger partial charge >= 0.3 is 11.9 Å². The Morgan fingerprint density at radius 2 is 2.21 bits per heavy atom. The number of anilines is 1. The van der Waals surface area contributed by atoms with Gasteiger partial charge in [0.1, 0.15) is 43.8 Å². The summed E-state index contributed by atoms with van der Waals surface area (Å²) in [5, 5.41) is 17.9. The maximum atomic E-state index is 12.9. The molecule has 2 aliphatic rings. The quantitative estimate of drug-likeness (QED) is 0.125. The third kappa shape index (κ3) is 5.52. The van der Waals surface area contributed by atoms with Gasteiger partial charge in [-0.2, -0.15) is 0 Å². The molecule has 2 aromatic rings. The lowest BCUT2D eigenvalue weighted by atomic mass is 9.94. The van der Waals surface area contributed by atoms with E-state index in [0.29, 0.717) is 16.2 Å². The number of aliphatic carboxylic acids is 1. The lowest BCUT2D eigenvalue weighted by Gasteiger charge is -2.49. The first-order chi connectivity index (χ1) is 18.2. The number of β-lactam (4-membered cyclic amide) rings is 1. The Balaban J connectivity index is 1.42. The SMILES string of the molecule is CON=C(C(=O)N[C@@H]1C(=O)N2C(C(=O)O)=C(/C=C/COC(=O)c3ccc[n+](C)c3)SC[C@H]12)c1csc(N)n1. The second-order valence-electron chi connectivity index (χ2n) is 8.01. The maximum Gasteiger partial charge on any atom is 0.353 e. The van der Waals surface area contributed by atoms with Crippen LogP contribution in [0.5, 0.6) is 0 Å². The summed E-state index contributed by atoms with van der Waals surface area (Å²) in [7, 11) is 3.04. The Kier molecular flexibility index (Phi) is 8.07. The van der Waals surface area contributed by atoms with Crippen molar-refractivity contribution in [3.8, 4) is 0 Å². The number of nitrogens with one attached hydrogen (secondary N) is 1. The zero-order valence-electron chi connectivity index (χ0n) is 20.2. The number of carboxylic acids is 1. The summed E-state index contributed by atoms with van der Waals surface area (Å²) >= 11 is 2.32. The molecule has 0 radical (unpaired) electrons. The van der Waals surface area contributed by atoms with Gasteiger partial charge in [0.15, 0.2) is 23.2 Å². The number of ether oxygens (including phenoxy) is 1. The van der Waals surface area contributed by atoms with E-state index in [1.54, 1.807) is 36.1 Å². The van der Waals surface area contributed by atoms with Gasteiger partial charge in [0.05, 0.1) is 6.04 Å². The van der Waals surface area contributed by atoms with Crippen molar-refractivity contribution in [2.45, 2.75) is 12.1 Å². The lowest BCUT2D eigenvalue weighted by molar-refractivity contribution is -0.671. The number of aromatic nitrogens is 2. The Labute approximate surface area is 224 Å². The van der Waals surface area contributed by atoms with Gasteiger partial charge in [-0.15, -0.1) is 23.1 Å². The van der Waals surface area contributed by atoms with E-state index < -0.39 is 35.8 Å². The zero-order chi connectivity index (χ0) is 27.4. The number of rotatable bonds is 9. The van der Waals surface area contributed by atoms with Crippen LogP contribution in [0.3, 0.4) is 0 Å². The molecule has 13 nitrogen and oxygen atoms in total. The number of nitrogens with two attached hydrogens (primary N) is 1. The number of oxime groups is 1. The molecular weight excluding hydrogens is 536 g/mol. The van der Waals surface area contributed by atoms with E-state index in [2.05, 4.69) is 15.5 Å². The number of amides is 2. The van der Waals surface area contributed by atoms with Crippen molar-refractivity contribution < 1.29 is 38.4 Å².